The van der Waals surface area contributed by atoms with Crippen LogP contribution in [0.2, 0.25) is 0 Å². The number of benzene rings is 1. The van der Waals surface area contributed by atoms with Gasteiger partial charge in [-0.3, -0.25) is 0 Å². The van der Waals surface area contributed by atoms with Gasteiger partial charge in [0.2, 0.25) is 0 Å². The summed E-state index contributed by atoms with van der Waals surface area (Å²) in [6.07, 6.45) is 4.06. The van der Waals surface area contributed by atoms with Crippen LogP contribution in [-0.4, -0.2) is 13.1 Å². The Morgan fingerprint density at radius 3 is 2.61 bits per heavy atom. The Balaban J connectivity index is 2.06. The molecule has 0 bridgehead atoms. The molecule has 0 atom stereocenters. The van der Waals surface area contributed by atoms with Gasteiger partial charge in [0, 0.05) is 29.3 Å². The van der Waals surface area contributed by atoms with Crippen molar-refractivity contribution >= 4 is 24.0 Å². The predicted molar refractivity (Wildman–Crippen MR) is 76.3 cm³/mol. The highest BCUT2D eigenvalue weighted by atomic mass is 32.1. The maximum Gasteiger partial charge on any atom is 0.147 e. The van der Waals surface area contributed by atoms with E-state index in [1.807, 2.05) is 6.07 Å². The van der Waals surface area contributed by atoms with Gasteiger partial charge in [-0.05, 0) is 43.4 Å². The Hall–Kier alpha value is -1.16. The van der Waals surface area contributed by atoms with Crippen LogP contribution in [0.5, 0.6) is 0 Å². The Morgan fingerprint density at radius 1 is 1.17 bits per heavy atom. The SMILES string of the molecule is NC1=C(S)CCc2cc(N3CCCC3)c(F)cc21. The molecule has 18 heavy (non-hydrogen) atoms. The molecule has 0 amide bonds. The van der Waals surface area contributed by atoms with Crippen molar-refractivity contribution in [3.8, 4) is 0 Å². The minimum Gasteiger partial charge on any atom is -0.398 e. The van der Waals surface area contributed by atoms with E-state index in [2.05, 4.69) is 17.5 Å². The minimum absolute atomic E-state index is 0.165. The van der Waals surface area contributed by atoms with Crippen LogP contribution in [0.15, 0.2) is 17.0 Å². The second kappa shape index (κ2) is 4.50. The highest BCUT2D eigenvalue weighted by molar-refractivity contribution is 7.84. The third kappa shape index (κ3) is 1.88. The normalized spacial score (nSPS) is 19.3. The molecule has 4 heteroatoms. The summed E-state index contributed by atoms with van der Waals surface area (Å²) in [5.41, 5.74) is 9.33. The predicted octanol–water partition coefficient (Wildman–Crippen LogP) is 2.93. The van der Waals surface area contributed by atoms with Crippen molar-refractivity contribution in [3.05, 3.63) is 34.0 Å². The average Bonchev–Trinajstić information content (AvgIpc) is 2.88. The number of hydrogen-bond acceptors (Lipinski definition) is 3. The van der Waals surface area contributed by atoms with Gasteiger partial charge in [-0.15, -0.1) is 12.6 Å². The lowest BCUT2D eigenvalue weighted by molar-refractivity contribution is 0.621. The van der Waals surface area contributed by atoms with Crippen LogP contribution >= 0.6 is 12.6 Å². The molecule has 1 aromatic carbocycles. The fourth-order valence-electron chi connectivity index (χ4n) is 2.81. The molecule has 1 aliphatic heterocycles. The summed E-state index contributed by atoms with van der Waals surface area (Å²) in [4.78, 5) is 3.00. The fourth-order valence-corrected chi connectivity index (χ4v) is 3.04. The first-order chi connectivity index (χ1) is 8.66. The van der Waals surface area contributed by atoms with E-state index >= 15 is 0 Å². The monoisotopic (exact) mass is 264 g/mol. The van der Waals surface area contributed by atoms with Gasteiger partial charge in [0.15, 0.2) is 0 Å². The quantitative estimate of drug-likeness (QED) is 0.764. The third-order valence-electron chi connectivity index (χ3n) is 3.85. The number of fused-ring (bicyclic) bond motifs is 1. The highest BCUT2D eigenvalue weighted by Crippen LogP contribution is 2.35. The molecule has 2 nitrogen and oxygen atoms in total. The summed E-state index contributed by atoms with van der Waals surface area (Å²) >= 11 is 4.35. The summed E-state index contributed by atoms with van der Waals surface area (Å²) < 4.78 is 14.2. The van der Waals surface area contributed by atoms with Gasteiger partial charge in [-0.1, -0.05) is 0 Å². The van der Waals surface area contributed by atoms with E-state index in [0.717, 1.165) is 60.5 Å². The number of rotatable bonds is 1. The first kappa shape index (κ1) is 11.9. The molecule has 1 aliphatic carbocycles. The highest BCUT2D eigenvalue weighted by Gasteiger charge is 2.21. The molecule has 1 aromatic rings. The van der Waals surface area contributed by atoms with Crippen LogP contribution in [0.25, 0.3) is 5.70 Å². The number of hydrogen-bond donors (Lipinski definition) is 2. The molecule has 0 spiro atoms. The van der Waals surface area contributed by atoms with Gasteiger partial charge in [0.1, 0.15) is 5.82 Å². The van der Waals surface area contributed by atoms with E-state index in [9.17, 15) is 4.39 Å². The molecular weight excluding hydrogens is 247 g/mol. The number of thiol groups is 1. The number of allylic oxidation sites excluding steroid dienone is 1. The Kier molecular flexibility index (Phi) is 2.98. The molecule has 0 saturated carbocycles. The lowest BCUT2D eigenvalue weighted by atomic mass is 9.93. The third-order valence-corrected chi connectivity index (χ3v) is 4.32. The van der Waals surface area contributed by atoms with E-state index in [-0.39, 0.29) is 5.82 Å². The summed E-state index contributed by atoms with van der Waals surface area (Å²) in [7, 11) is 0. The molecule has 1 fully saturated rings. The number of aryl methyl sites for hydroxylation is 1. The van der Waals surface area contributed by atoms with E-state index in [0.29, 0.717) is 5.70 Å². The molecule has 2 aliphatic rings. The van der Waals surface area contributed by atoms with Crippen molar-refractivity contribution in [2.24, 2.45) is 5.73 Å². The molecule has 0 radical (unpaired) electrons. The van der Waals surface area contributed by atoms with Crippen molar-refractivity contribution < 1.29 is 4.39 Å². The molecule has 0 unspecified atom stereocenters. The van der Waals surface area contributed by atoms with Gasteiger partial charge in [-0.25, -0.2) is 4.39 Å². The van der Waals surface area contributed by atoms with Crippen molar-refractivity contribution in [2.45, 2.75) is 25.7 Å². The lowest BCUT2D eigenvalue weighted by Gasteiger charge is -2.24. The summed E-state index contributed by atoms with van der Waals surface area (Å²) in [5, 5.41) is 0. The Morgan fingerprint density at radius 2 is 1.89 bits per heavy atom. The van der Waals surface area contributed by atoms with Crippen molar-refractivity contribution in [1.29, 1.82) is 0 Å². The summed E-state index contributed by atoms with van der Waals surface area (Å²) in [5.74, 6) is -0.165. The number of halogens is 1. The zero-order chi connectivity index (χ0) is 12.7. The van der Waals surface area contributed by atoms with Gasteiger partial charge in [0.05, 0.1) is 5.69 Å². The molecule has 1 saturated heterocycles. The summed E-state index contributed by atoms with van der Waals surface area (Å²) in [6.45, 7) is 1.91. The number of anilines is 1. The lowest BCUT2D eigenvalue weighted by Crippen LogP contribution is -2.20. The maximum atomic E-state index is 14.2. The standard InChI is InChI=1S/C14H17FN2S/c15-11-8-10-9(3-4-13(18)14(10)16)7-12(11)17-5-1-2-6-17/h7-8,18H,1-6,16H2. The first-order valence-corrected chi connectivity index (χ1v) is 6.87. The minimum atomic E-state index is -0.165. The Labute approximate surface area is 112 Å². The Bertz CT molecular complexity index is 519. The fraction of sp³-hybridized carbons (Fsp3) is 0.429. The zero-order valence-corrected chi connectivity index (χ0v) is 11.1. The smallest absolute Gasteiger partial charge is 0.147 e. The van der Waals surface area contributed by atoms with E-state index in [1.54, 1.807) is 6.07 Å². The van der Waals surface area contributed by atoms with Gasteiger partial charge < -0.3 is 10.6 Å². The molecule has 1 heterocycles. The maximum absolute atomic E-state index is 14.2. The van der Waals surface area contributed by atoms with E-state index < -0.39 is 0 Å². The van der Waals surface area contributed by atoms with Crippen LogP contribution in [0.3, 0.4) is 0 Å². The second-order valence-electron chi connectivity index (χ2n) is 5.02. The topological polar surface area (TPSA) is 29.3 Å². The largest absolute Gasteiger partial charge is 0.398 e. The van der Waals surface area contributed by atoms with Crippen molar-refractivity contribution in [1.82, 2.24) is 0 Å². The number of nitrogens with zero attached hydrogens (tertiary/aromatic N) is 1. The molecule has 0 aromatic heterocycles. The summed E-state index contributed by atoms with van der Waals surface area (Å²) in [6, 6.07) is 3.55. The molecule has 2 N–H and O–H groups in total. The van der Waals surface area contributed by atoms with Crippen molar-refractivity contribution in [2.75, 3.05) is 18.0 Å². The van der Waals surface area contributed by atoms with Crippen LogP contribution in [-0.2, 0) is 6.42 Å². The van der Waals surface area contributed by atoms with Crippen LogP contribution in [0.4, 0.5) is 10.1 Å². The second-order valence-corrected chi connectivity index (χ2v) is 5.56. The molecule has 96 valence electrons. The van der Waals surface area contributed by atoms with Crippen LogP contribution in [0, 0.1) is 5.82 Å². The van der Waals surface area contributed by atoms with Crippen LogP contribution in [0.1, 0.15) is 30.4 Å². The van der Waals surface area contributed by atoms with E-state index in [1.165, 1.54) is 0 Å². The van der Waals surface area contributed by atoms with Crippen LogP contribution < -0.4 is 10.6 Å². The number of nitrogens with two attached hydrogens (primary N) is 1. The first-order valence-electron chi connectivity index (χ1n) is 6.42. The van der Waals surface area contributed by atoms with Gasteiger partial charge >= 0.3 is 0 Å². The van der Waals surface area contributed by atoms with Gasteiger partial charge in [0.25, 0.3) is 0 Å². The average molecular weight is 264 g/mol. The molecular formula is C14H17FN2S. The van der Waals surface area contributed by atoms with Crippen molar-refractivity contribution in [3.63, 3.8) is 0 Å². The van der Waals surface area contributed by atoms with Gasteiger partial charge in [-0.2, -0.15) is 0 Å². The zero-order valence-electron chi connectivity index (χ0n) is 10.2. The van der Waals surface area contributed by atoms with E-state index in [4.69, 9.17) is 5.73 Å². The molecule has 3 rings (SSSR count).